The zero-order valence-corrected chi connectivity index (χ0v) is 15.7. The highest BCUT2D eigenvalue weighted by molar-refractivity contribution is 5.94. The van der Waals surface area contributed by atoms with Gasteiger partial charge in [-0.1, -0.05) is 29.4 Å². The molecule has 0 unspecified atom stereocenters. The van der Waals surface area contributed by atoms with Gasteiger partial charge in [0.25, 0.3) is 5.91 Å². The summed E-state index contributed by atoms with van der Waals surface area (Å²) in [5.41, 5.74) is 2.73. The molecule has 2 aromatic carbocycles. The highest BCUT2D eigenvalue weighted by Gasteiger charge is 2.32. The van der Waals surface area contributed by atoms with Gasteiger partial charge in [0, 0.05) is 19.9 Å². The van der Waals surface area contributed by atoms with Crippen LogP contribution in [0.15, 0.2) is 53.7 Å². The van der Waals surface area contributed by atoms with E-state index in [1.807, 2.05) is 31.2 Å². The van der Waals surface area contributed by atoms with Crippen molar-refractivity contribution in [3.05, 3.63) is 65.5 Å². The summed E-state index contributed by atoms with van der Waals surface area (Å²) in [5, 5.41) is 4.05. The molecular formula is C21H23FN2O3. The van der Waals surface area contributed by atoms with Crippen LogP contribution in [0.1, 0.15) is 30.5 Å². The fourth-order valence-corrected chi connectivity index (χ4v) is 3.03. The Bertz CT molecular complexity index is 818. The van der Waals surface area contributed by atoms with E-state index in [0.717, 1.165) is 22.6 Å². The minimum absolute atomic E-state index is 0.104. The summed E-state index contributed by atoms with van der Waals surface area (Å²) >= 11 is 0. The van der Waals surface area contributed by atoms with E-state index >= 15 is 0 Å². The van der Waals surface area contributed by atoms with Crippen LogP contribution in [-0.4, -0.2) is 36.8 Å². The summed E-state index contributed by atoms with van der Waals surface area (Å²) in [7, 11) is 3.38. The van der Waals surface area contributed by atoms with Crippen molar-refractivity contribution in [2.45, 2.75) is 31.9 Å². The topological polar surface area (TPSA) is 51.1 Å². The lowest BCUT2D eigenvalue weighted by Gasteiger charge is -2.27. The van der Waals surface area contributed by atoms with Crippen LogP contribution in [0.2, 0.25) is 0 Å². The number of carbonyl (C=O) groups is 1. The average molecular weight is 370 g/mol. The minimum Gasteiger partial charge on any atom is -0.497 e. The Morgan fingerprint density at radius 2 is 1.93 bits per heavy atom. The van der Waals surface area contributed by atoms with Gasteiger partial charge in [-0.3, -0.25) is 4.79 Å². The van der Waals surface area contributed by atoms with Gasteiger partial charge in [-0.25, -0.2) is 4.39 Å². The predicted molar refractivity (Wildman–Crippen MR) is 101 cm³/mol. The molecule has 0 N–H and O–H groups in total. The van der Waals surface area contributed by atoms with Gasteiger partial charge in [-0.15, -0.1) is 0 Å². The maximum atomic E-state index is 13.0. The number of methoxy groups -OCH3 is 1. The van der Waals surface area contributed by atoms with E-state index in [2.05, 4.69) is 5.16 Å². The van der Waals surface area contributed by atoms with E-state index in [1.54, 1.807) is 31.2 Å². The molecule has 0 spiro atoms. The Labute approximate surface area is 158 Å². The van der Waals surface area contributed by atoms with Crippen molar-refractivity contribution in [3.63, 3.8) is 0 Å². The zero-order chi connectivity index (χ0) is 19.4. The first-order valence-corrected chi connectivity index (χ1v) is 8.84. The van der Waals surface area contributed by atoms with E-state index in [9.17, 15) is 9.18 Å². The zero-order valence-electron chi connectivity index (χ0n) is 15.7. The third-order valence-electron chi connectivity index (χ3n) is 4.85. The second-order valence-corrected chi connectivity index (χ2v) is 6.66. The lowest BCUT2D eigenvalue weighted by Crippen LogP contribution is -2.38. The predicted octanol–water partition coefficient (Wildman–Crippen LogP) is 3.74. The third-order valence-corrected chi connectivity index (χ3v) is 4.85. The van der Waals surface area contributed by atoms with Gasteiger partial charge in [-0.2, -0.15) is 0 Å². The van der Waals surface area contributed by atoms with Gasteiger partial charge in [0.2, 0.25) is 6.10 Å². The Morgan fingerprint density at radius 1 is 1.26 bits per heavy atom. The van der Waals surface area contributed by atoms with Crippen molar-refractivity contribution < 1.29 is 18.8 Å². The Kier molecular flexibility index (Phi) is 5.74. The fraction of sp³-hybridized carbons (Fsp3) is 0.333. The van der Waals surface area contributed by atoms with Crippen LogP contribution in [0.25, 0.3) is 0 Å². The van der Waals surface area contributed by atoms with Crippen molar-refractivity contribution in [2.75, 3.05) is 14.2 Å². The highest BCUT2D eigenvalue weighted by atomic mass is 19.1. The SMILES string of the molecule is COc1ccc([C@@H](C)N(C)C(=O)[C@H]2CC(Cc3ccc(F)cc3)=NO2)cc1. The first-order valence-electron chi connectivity index (χ1n) is 8.84. The van der Waals surface area contributed by atoms with Gasteiger partial charge in [-0.05, 0) is 42.3 Å². The lowest BCUT2D eigenvalue weighted by atomic mass is 10.0. The molecule has 0 bridgehead atoms. The second kappa shape index (κ2) is 8.20. The molecule has 1 aliphatic rings. The monoisotopic (exact) mass is 370 g/mol. The molecule has 3 rings (SSSR count). The molecule has 0 saturated heterocycles. The summed E-state index contributed by atoms with van der Waals surface area (Å²) in [6.45, 7) is 1.97. The molecule has 1 aliphatic heterocycles. The maximum Gasteiger partial charge on any atom is 0.267 e. The molecule has 0 fully saturated rings. The number of hydrogen-bond donors (Lipinski definition) is 0. The van der Waals surface area contributed by atoms with Crippen LogP contribution in [0.3, 0.4) is 0 Å². The van der Waals surface area contributed by atoms with Crippen LogP contribution < -0.4 is 4.74 Å². The minimum atomic E-state index is -0.619. The van der Waals surface area contributed by atoms with E-state index in [4.69, 9.17) is 9.57 Å². The van der Waals surface area contributed by atoms with Crippen molar-refractivity contribution in [3.8, 4) is 5.75 Å². The fourth-order valence-electron chi connectivity index (χ4n) is 3.03. The molecule has 5 nitrogen and oxygen atoms in total. The molecule has 6 heteroatoms. The van der Waals surface area contributed by atoms with Crippen molar-refractivity contribution >= 4 is 11.6 Å². The number of amides is 1. The van der Waals surface area contributed by atoms with Gasteiger partial charge in [0.05, 0.1) is 18.9 Å². The van der Waals surface area contributed by atoms with Crippen LogP contribution in [0.4, 0.5) is 4.39 Å². The van der Waals surface area contributed by atoms with Gasteiger partial charge in [0.15, 0.2) is 0 Å². The largest absolute Gasteiger partial charge is 0.497 e. The number of halogens is 1. The molecule has 0 aromatic heterocycles. The van der Waals surface area contributed by atoms with Gasteiger partial charge >= 0.3 is 0 Å². The number of ether oxygens (including phenoxy) is 1. The van der Waals surface area contributed by atoms with Gasteiger partial charge in [0.1, 0.15) is 11.6 Å². The summed E-state index contributed by atoms with van der Waals surface area (Å²) in [5.74, 6) is 0.389. The molecule has 0 radical (unpaired) electrons. The summed E-state index contributed by atoms with van der Waals surface area (Å²) in [6.07, 6.45) is 0.365. The summed E-state index contributed by atoms with van der Waals surface area (Å²) in [6, 6.07) is 13.8. The highest BCUT2D eigenvalue weighted by Crippen LogP contribution is 2.24. The Morgan fingerprint density at radius 3 is 2.56 bits per heavy atom. The van der Waals surface area contributed by atoms with E-state index in [0.29, 0.717) is 12.8 Å². The lowest BCUT2D eigenvalue weighted by molar-refractivity contribution is -0.142. The van der Waals surface area contributed by atoms with Crippen molar-refractivity contribution in [2.24, 2.45) is 5.16 Å². The molecular weight excluding hydrogens is 347 g/mol. The third kappa shape index (κ3) is 4.45. The second-order valence-electron chi connectivity index (χ2n) is 6.66. The van der Waals surface area contributed by atoms with Crippen LogP contribution in [0, 0.1) is 5.82 Å². The molecule has 2 atom stereocenters. The normalized spacial score (nSPS) is 17.0. The number of oxime groups is 1. The maximum absolute atomic E-state index is 13.0. The summed E-state index contributed by atoms with van der Waals surface area (Å²) in [4.78, 5) is 19.8. The van der Waals surface area contributed by atoms with E-state index < -0.39 is 6.10 Å². The Hall–Kier alpha value is -2.89. The summed E-state index contributed by atoms with van der Waals surface area (Å²) < 4.78 is 18.2. The molecule has 142 valence electrons. The number of nitrogens with zero attached hydrogens (tertiary/aromatic N) is 2. The Balaban J connectivity index is 1.58. The number of benzene rings is 2. The smallest absolute Gasteiger partial charge is 0.267 e. The number of likely N-dealkylation sites (N-methyl/N-ethyl adjacent to an activating group) is 1. The molecule has 27 heavy (non-hydrogen) atoms. The molecule has 0 aliphatic carbocycles. The van der Waals surface area contributed by atoms with E-state index in [1.165, 1.54) is 12.1 Å². The van der Waals surface area contributed by atoms with Crippen LogP contribution >= 0.6 is 0 Å². The molecule has 1 heterocycles. The first kappa shape index (κ1) is 18.9. The van der Waals surface area contributed by atoms with Crippen molar-refractivity contribution in [1.29, 1.82) is 0 Å². The average Bonchev–Trinajstić information content (AvgIpc) is 3.16. The van der Waals surface area contributed by atoms with E-state index in [-0.39, 0.29) is 17.8 Å². The quantitative estimate of drug-likeness (QED) is 0.778. The number of carbonyl (C=O) groups excluding carboxylic acids is 1. The number of hydrogen-bond acceptors (Lipinski definition) is 4. The number of rotatable bonds is 6. The van der Waals surface area contributed by atoms with Crippen molar-refractivity contribution in [1.82, 2.24) is 4.90 Å². The molecule has 2 aromatic rings. The van der Waals surface area contributed by atoms with Crippen LogP contribution in [0.5, 0.6) is 5.75 Å². The standard InChI is InChI=1S/C21H23FN2O3/c1-14(16-6-10-19(26-3)11-7-16)24(2)21(25)20-13-18(23-27-20)12-15-4-8-17(22)9-5-15/h4-11,14,20H,12-13H2,1-3H3/t14-,20-/m1/s1. The first-order chi connectivity index (χ1) is 13.0. The molecule has 1 amide bonds. The van der Waals surface area contributed by atoms with Gasteiger partial charge < -0.3 is 14.5 Å². The molecule has 0 saturated carbocycles. The van der Waals surface area contributed by atoms with Crippen LogP contribution in [-0.2, 0) is 16.1 Å².